The van der Waals surface area contributed by atoms with Crippen LogP contribution >= 0.6 is 11.6 Å². The lowest BCUT2D eigenvalue weighted by Crippen LogP contribution is -2.19. The van der Waals surface area contributed by atoms with Gasteiger partial charge in [0.05, 0.1) is 18.6 Å². The van der Waals surface area contributed by atoms with E-state index in [1.54, 1.807) is 36.8 Å². The van der Waals surface area contributed by atoms with Crippen molar-refractivity contribution >= 4 is 11.6 Å². The summed E-state index contributed by atoms with van der Waals surface area (Å²) >= 11 is 5.75. The summed E-state index contributed by atoms with van der Waals surface area (Å²) in [4.78, 5) is 0. The molecule has 3 nitrogen and oxygen atoms in total. The molecule has 0 saturated heterocycles. The zero-order valence-electron chi connectivity index (χ0n) is 9.17. The number of aliphatic hydroxyl groups is 1. The van der Waals surface area contributed by atoms with Gasteiger partial charge in [-0.3, -0.25) is 0 Å². The Morgan fingerprint density at radius 1 is 1.24 bits per heavy atom. The number of furan rings is 1. The zero-order chi connectivity index (χ0) is 12.1. The fourth-order valence-electron chi connectivity index (χ4n) is 1.46. The van der Waals surface area contributed by atoms with Gasteiger partial charge < -0.3 is 14.3 Å². The molecule has 0 saturated carbocycles. The molecule has 17 heavy (non-hydrogen) atoms. The molecular weight excluding hydrogens is 240 g/mol. The summed E-state index contributed by atoms with van der Waals surface area (Å²) in [6, 6.07) is 8.87. The zero-order valence-corrected chi connectivity index (χ0v) is 9.93. The minimum atomic E-state index is -0.553. The third-order valence-electron chi connectivity index (χ3n) is 2.31. The molecule has 0 spiro atoms. The van der Waals surface area contributed by atoms with E-state index in [2.05, 4.69) is 0 Å². The van der Waals surface area contributed by atoms with Crippen LogP contribution in [0.5, 0.6) is 5.75 Å². The number of aliphatic hydroxyl groups excluding tert-OH is 1. The number of benzene rings is 1. The van der Waals surface area contributed by atoms with E-state index in [-0.39, 0.29) is 6.61 Å². The van der Waals surface area contributed by atoms with Crippen LogP contribution in [-0.2, 0) is 6.42 Å². The third-order valence-corrected chi connectivity index (χ3v) is 2.56. The van der Waals surface area contributed by atoms with Gasteiger partial charge in [-0.15, -0.1) is 0 Å². The Bertz CT molecular complexity index is 436. The van der Waals surface area contributed by atoms with Crippen LogP contribution in [0.4, 0.5) is 0 Å². The molecule has 1 unspecified atom stereocenters. The fourth-order valence-corrected chi connectivity index (χ4v) is 1.59. The standard InChI is InChI=1S/C13H13ClO3/c14-11-1-3-13(4-2-11)17-9-12(15)7-10-5-6-16-8-10/h1-6,8,12,15H,7,9H2. The van der Waals surface area contributed by atoms with Gasteiger partial charge in [0, 0.05) is 11.4 Å². The summed E-state index contributed by atoms with van der Waals surface area (Å²) in [5.74, 6) is 0.695. The predicted octanol–water partition coefficient (Wildman–Crippen LogP) is 2.92. The maximum Gasteiger partial charge on any atom is 0.119 e. The fraction of sp³-hybridized carbons (Fsp3) is 0.231. The third kappa shape index (κ3) is 3.80. The van der Waals surface area contributed by atoms with E-state index >= 15 is 0 Å². The van der Waals surface area contributed by atoms with Gasteiger partial charge >= 0.3 is 0 Å². The number of rotatable bonds is 5. The van der Waals surface area contributed by atoms with Crippen LogP contribution < -0.4 is 4.74 Å². The van der Waals surface area contributed by atoms with E-state index in [0.717, 1.165) is 5.56 Å². The summed E-state index contributed by atoms with van der Waals surface area (Å²) in [5, 5.41) is 10.4. The smallest absolute Gasteiger partial charge is 0.119 e. The van der Waals surface area contributed by atoms with Crippen molar-refractivity contribution in [3.63, 3.8) is 0 Å². The highest BCUT2D eigenvalue weighted by Gasteiger charge is 2.07. The van der Waals surface area contributed by atoms with Crippen LogP contribution in [0.1, 0.15) is 5.56 Å². The SMILES string of the molecule is OC(COc1ccc(Cl)cc1)Cc1ccoc1. The number of hydrogen-bond donors (Lipinski definition) is 1. The first kappa shape index (κ1) is 12.0. The molecule has 1 aromatic carbocycles. The molecule has 0 bridgehead atoms. The van der Waals surface area contributed by atoms with Crippen LogP contribution in [0.25, 0.3) is 0 Å². The molecule has 2 aromatic rings. The van der Waals surface area contributed by atoms with E-state index in [9.17, 15) is 5.11 Å². The Morgan fingerprint density at radius 2 is 2.00 bits per heavy atom. The Kier molecular flexibility index (Phi) is 4.07. The molecule has 0 fully saturated rings. The van der Waals surface area contributed by atoms with E-state index < -0.39 is 6.10 Å². The first-order valence-electron chi connectivity index (χ1n) is 5.31. The predicted molar refractivity (Wildman–Crippen MR) is 65.4 cm³/mol. The molecule has 1 heterocycles. The van der Waals surface area contributed by atoms with Crippen LogP contribution in [0.15, 0.2) is 47.3 Å². The monoisotopic (exact) mass is 252 g/mol. The minimum Gasteiger partial charge on any atom is -0.491 e. The second kappa shape index (κ2) is 5.75. The van der Waals surface area contributed by atoms with Crippen molar-refractivity contribution in [1.29, 1.82) is 0 Å². The number of halogens is 1. The normalized spacial score (nSPS) is 12.4. The second-order valence-corrected chi connectivity index (χ2v) is 4.19. The highest BCUT2D eigenvalue weighted by molar-refractivity contribution is 6.30. The highest BCUT2D eigenvalue weighted by Crippen LogP contribution is 2.16. The van der Waals surface area contributed by atoms with E-state index in [1.807, 2.05) is 6.07 Å². The van der Waals surface area contributed by atoms with Gasteiger partial charge in [0.15, 0.2) is 0 Å². The molecule has 0 aliphatic heterocycles. The summed E-state index contributed by atoms with van der Waals surface area (Å²) in [7, 11) is 0. The number of hydrogen-bond acceptors (Lipinski definition) is 3. The van der Waals surface area contributed by atoms with Gasteiger partial charge in [0.1, 0.15) is 12.4 Å². The van der Waals surface area contributed by atoms with Gasteiger partial charge in [0.2, 0.25) is 0 Å². The van der Waals surface area contributed by atoms with Crippen LogP contribution in [0.3, 0.4) is 0 Å². The van der Waals surface area contributed by atoms with Gasteiger partial charge in [-0.25, -0.2) is 0 Å². The van der Waals surface area contributed by atoms with Gasteiger partial charge in [-0.1, -0.05) is 11.6 Å². The first-order valence-corrected chi connectivity index (χ1v) is 5.69. The van der Waals surface area contributed by atoms with Crippen molar-refractivity contribution in [2.75, 3.05) is 6.61 Å². The van der Waals surface area contributed by atoms with Crippen molar-refractivity contribution in [1.82, 2.24) is 0 Å². The van der Waals surface area contributed by atoms with Crippen LogP contribution in [0, 0.1) is 0 Å². The van der Waals surface area contributed by atoms with Crippen molar-refractivity contribution in [2.45, 2.75) is 12.5 Å². The van der Waals surface area contributed by atoms with Crippen molar-refractivity contribution in [3.05, 3.63) is 53.4 Å². The quantitative estimate of drug-likeness (QED) is 0.890. The largest absolute Gasteiger partial charge is 0.491 e. The Labute approximate surface area is 105 Å². The molecule has 0 aliphatic rings. The molecule has 1 aromatic heterocycles. The van der Waals surface area contributed by atoms with Crippen LogP contribution in [0.2, 0.25) is 5.02 Å². The molecule has 0 amide bonds. The van der Waals surface area contributed by atoms with Gasteiger partial charge in [-0.05, 0) is 35.9 Å². The topological polar surface area (TPSA) is 42.6 Å². The molecule has 90 valence electrons. The Hall–Kier alpha value is -1.45. The highest BCUT2D eigenvalue weighted by atomic mass is 35.5. The molecule has 1 atom stereocenters. The molecule has 4 heteroatoms. The van der Waals surface area contributed by atoms with Crippen molar-refractivity contribution in [3.8, 4) is 5.75 Å². The maximum absolute atomic E-state index is 9.74. The Balaban J connectivity index is 1.79. The summed E-state index contributed by atoms with van der Waals surface area (Å²) < 4.78 is 10.4. The molecular formula is C13H13ClO3. The van der Waals surface area contributed by atoms with Crippen molar-refractivity contribution in [2.24, 2.45) is 0 Å². The average Bonchev–Trinajstić information content (AvgIpc) is 2.81. The molecule has 0 radical (unpaired) electrons. The van der Waals surface area contributed by atoms with E-state index in [0.29, 0.717) is 17.2 Å². The average molecular weight is 253 g/mol. The molecule has 0 aliphatic carbocycles. The molecule has 1 N–H and O–H groups in total. The summed E-state index contributed by atoms with van der Waals surface area (Å²) in [6.45, 7) is 0.243. The maximum atomic E-state index is 9.74. The summed E-state index contributed by atoms with van der Waals surface area (Å²) in [6.07, 6.45) is 3.17. The lowest BCUT2D eigenvalue weighted by Gasteiger charge is -2.11. The van der Waals surface area contributed by atoms with Gasteiger partial charge in [-0.2, -0.15) is 0 Å². The Morgan fingerprint density at radius 3 is 2.65 bits per heavy atom. The lowest BCUT2D eigenvalue weighted by atomic mass is 10.1. The van der Waals surface area contributed by atoms with E-state index in [4.69, 9.17) is 20.8 Å². The van der Waals surface area contributed by atoms with Crippen LogP contribution in [-0.4, -0.2) is 17.8 Å². The minimum absolute atomic E-state index is 0.243. The molecule has 2 rings (SSSR count). The summed E-state index contributed by atoms with van der Waals surface area (Å²) in [5.41, 5.74) is 0.956. The van der Waals surface area contributed by atoms with E-state index in [1.165, 1.54) is 0 Å². The first-order chi connectivity index (χ1) is 8.24. The van der Waals surface area contributed by atoms with Gasteiger partial charge in [0.25, 0.3) is 0 Å². The number of ether oxygens (including phenoxy) is 1. The lowest BCUT2D eigenvalue weighted by molar-refractivity contribution is 0.107. The second-order valence-electron chi connectivity index (χ2n) is 3.75. The van der Waals surface area contributed by atoms with Crippen molar-refractivity contribution < 1.29 is 14.3 Å².